The number of sulfone groups is 1. The maximum Gasteiger partial charge on any atom is 0.254 e. The van der Waals surface area contributed by atoms with Crippen molar-refractivity contribution < 1.29 is 13.2 Å². The molecule has 1 aromatic rings. The lowest BCUT2D eigenvalue weighted by Crippen LogP contribution is -2.49. The van der Waals surface area contributed by atoms with Crippen molar-refractivity contribution in [1.29, 1.82) is 0 Å². The summed E-state index contributed by atoms with van der Waals surface area (Å²) in [6.45, 7) is 2.03. The molecule has 1 aliphatic heterocycles. The van der Waals surface area contributed by atoms with Gasteiger partial charge in [0.1, 0.15) is 0 Å². The molecule has 1 heterocycles. The van der Waals surface area contributed by atoms with E-state index in [1.807, 2.05) is 12.1 Å². The van der Waals surface area contributed by atoms with Gasteiger partial charge in [0.2, 0.25) is 0 Å². The Labute approximate surface area is 118 Å². The number of rotatable bonds is 2. The molecule has 1 aromatic carbocycles. The van der Waals surface area contributed by atoms with Crippen molar-refractivity contribution in [2.24, 2.45) is 0 Å². The van der Waals surface area contributed by atoms with Gasteiger partial charge in [-0.1, -0.05) is 12.1 Å². The summed E-state index contributed by atoms with van der Waals surface area (Å²) in [4.78, 5) is 13.9. The molecule has 1 saturated heterocycles. The van der Waals surface area contributed by atoms with Gasteiger partial charge < -0.3 is 4.90 Å². The van der Waals surface area contributed by atoms with Crippen molar-refractivity contribution >= 4 is 27.3 Å². The third-order valence-electron chi connectivity index (χ3n) is 3.29. The van der Waals surface area contributed by atoms with Crippen molar-refractivity contribution in [2.45, 2.75) is 18.8 Å². The van der Waals surface area contributed by atoms with Gasteiger partial charge in [-0.25, -0.2) is 8.42 Å². The number of hydrogen-bond donors (Lipinski definition) is 0. The summed E-state index contributed by atoms with van der Waals surface area (Å²) in [7, 11) is -3.00. The minimum atomic E-state index is -3.00. The molecular formula is C13H16ClNO3S. The Morgan fingerprint density at radius 3 is 2.53 bits per heavy atom. The van der Waals surface area contributed by atoms with Crippen LogP contribution in [0.25, 0.3) is 0 Å². The minimum Gasteiger partial charge on any atom is -0.334 e. The van der Waals surface area contributed by atoms with Gasteiger partial charge in [0.15, 0.2) is 9.84 Å². The summed E-state index contributed by atoms with van der Waals surface area (Å²) in [5.74, 6) is 0.372. The molecule has 1 fully saturated rings. The fourth-order valence-electron chi connectivity index (χ4n) is 2.20. The Balaban J connectivity index is 2.15. The number of benzene rings is 1. The van der Waals surface area contributed by atoms with Crippen molar-refractivity contribution in [2.75, 3.05) is 18.1 Å². The van der Waals surface area contributed by atoms with Gasteiger partial charge in [0.05, 0.1) is 11.5 Å². The Hall–Kier alpha value is -1.07. The van der Waals surface area contributed by atoms with Gasteiger partial charge in [0.25, 0.3) is 5.91 Å². The Morgan fingerprint density at radius 1 is 1.37 bits per heavy atom. The average molecular weight is 302 g/mol. The third kappa shape index (κ3) is 3.28. The van der Waals surface area contributed by atoms with Crippen LogP contribution in [0.3, 0.4) is 0 Å². The van der Waals surface area contributed by atoms with Crippen LogP contribution < -0.4 is 0 Å². The molecule has 1 aliphatic rings. The first-order valence-corrected chi connectivity index (χ1v) is 8.45. The average Bonchev–Trinajstić information content (AvgIpc) is 2.37. The van der Waals surface area contributed by atoms with Crippen LogP contribution in [0.4, 0.5) is 0 Å². The molecule has 0 saturated carbocycles. The highest BCUT2D eigenvalue weighted by molar-refractivity contribution is 7.91. The lowest BCUT2D eigenvalue weighted by Gasteiger charge is -2.33. The molecule has 0 spiro atoms. The molecule has 0 radical (unpaired) electrons. The zero-order chi connectivity index (χ0) is 14.0. The molecule has 1 unspecified atom stereocenters. The number of nitrogens with zero attached hydrogens (tertiary/aromatic N) is 1. The van der Waals surface area contributed by atoms with Crippen molar-refractivity contribution in [3.05, 3.63) is 35.4 Å². The maximum atomic E-state index is 12.3. The molecule has 19 heavy (non-hydrogen) atoms. The highest BCUT2D eigenvalue weighted by Crippen LogP contribution is 2.16. The minimum absolute atomic E-state index is 0.0402. The number of hydrogen-bond acceptors (Lipinski definition) is 3. The number of amides is 1. The van der Waals surface area contributed by atoms with Crippen molar-refractivity contribution in [3.63, 3.8) is 0 Å². The van der Waals surface area contributed by atoms with Crippen LogP contribution in [0.5, 0.6) is 0 Å². The summed E-state index contributed by atoms with van der Waals surface area (Å²) in [6, 6.07) is 6.81. The predicted octanol–water partition coefficient (Wildman–Crippen LogP) is 1.68. The van der Waals surface area contributed by atoms with Crippen LogP contribution in [0.15, 0.2) is 24.3 Å². The molecule has 0 aromatic heterocycles. The van der Waals surface area contributed by atoms with Gasteiger partial charge in [-0.2, -0.15) is 0 Å². The summed E-state index contributed by atoms with van der Waals surface area (Å²) in [5, 5.41) is 0. The van der Waals surface area contributed by atoms with E-state index in [2.05, 4.69) is 0 Å². The monoisotopic (exact) mass is 301 g/mol. The zero-order valence-electron chi connectivity index (χ0n) is 10.7. The normalized spacial score (nSPS) is 22.2. The quantitative estimate of drug-likeness (QED) is 0.781. The summed E-state index contributed by atoms with van der Waals surface area (Å²) >= 11 is 5.70. The van der Waals surface area contributed by atoms with Crippen LogP contribution in [0, 0.1) is 0 Å². The van der Waals surface area contributed by atoms with Gasteiger partial charge in [0, 0.05) is 24.0 Å². The molecule has 104 valence electrons. The molecule has 1 amide bonds. The van der Waals surface area contributed by atoms with Crippen LogP contribution in [0.1, 0.15) is 22.8 Å². The van der Waals surface area contributed by atoms with E-state index in [4.69, 9.17) is 11.6 Å². The summed E-state index contributed by atoms with van der Waals surface area (Å²) in [6.07, 6.45) is 0. The van der Waals surface area contributed by atoms with E-state index in [1.165, 1.54) is 0 Å². The molecule has 1 atom stereocenters. The highest BCUT2D eigenvalue weighted by Gasteiger charge is 2.31. The van der Waals surface area contributed by atoms with E-state index >= 15 is 0 Å². The van der Waals surface area contributed by atoms with Crippen LogP contribution >= 0.6 is 11.6 Å². The maximum absolute atomic E-state index is 12.3. The lowest BCUT2D eigenvalue weighted by molar-refractivity contribution is 0.0712. The van der Waals surface area contributed by atoms with Gasteiger partial charge in [-0.15, -0.1) is 11.6 Å². The van der Waals surface area contributed by atoms with Crippen LogP contribution in [-0.2, 0) is 15.7 Å². The molecule has 4 nitrogen and oxygen atoms in total. The second kappa shape index (κ2) is 5.51. The highest BCUT2D eigenvalue weighted by atomic mass is 35.5. The van der Waals surface area contributed by atoms with E-state index in [9.17, 15) is 13.2 Å². The van der Waals surface area contributed by atoms with E-state index in [0.717, 1.165) is 5.56 Å². The molecule has 6 heteroatoms. The molecule has 2 rings (SSSR count). The predicted molar refractivity (Wildman–Crippen MR) is 75.2 cm³/mol. The van der Waals surface area contributed by atoms with Crippen LogP contribution in [0.2, 0.25) is 0 Å². The topological polar surface area (TPSA) is 54.5 Å². The molecular weight excluding hydrogens is 286 g/mol. The van der Waals surface area contributed by atoms with Crippen molar-refractivity contribution in [1.82, 2.24) is 4.90 Å². The van der Waals surface area contributed by atoms with Crippen LogP contribution in [-0.4, -0.2) is 43.3 Å². The fraction of sp³-hybridized carbons (Fsp3) is 0.462. The molecule has 0 aliphatic carbocycles. The fourth-order valence-corrected chi connectivity index (χ4v) is 3.94. The summed E-state index contributed by atoms with van der Waals surface area (Å²) in [5.41, 5.74) is 1.52. The number of alkyl halides is 1. The lowest BCUT2D eigenvalue weighted by atomic mass is 10.1. The SMILES string of the molecule is CC1CS(=O)(=O)CCN1C(=O)c1ccc(CCl)cc1. The zero-order valence-corrected chi connectivity index (χ0v) is 12.2. The van der Waals surface area contributed by atoms with E-state index < -0.39 is 9.84 Å². The number of carbonyl (C=O) groups excluding carboxylic acids is 1. The van der Waals surface area contributed by atoms with Gasteiger partial charge in [-0.05, 0) is 24.6 Å². The second-order valence-electron chi connectivity index (χ2n) is 4.79. The molecule has 0 bridgehead atoms. The Bertz CT molecular complexity index is 568. The number of carbonyl (C=O) groups is 1. The molecule has 0 N–H and O–H groups in total. The van der Waals surface area contributed by atoms with Crippen molar-refractivity contribution in [3.8, 4) is 0 Å². The second-order valence-corrected chi connectivity index (χ2v) is 7.29. The van der Waals surface area contributed by atoms with Gasteiger partial charge >= 0.3 is 0 Å². The van der Waals surface area contributed by atoms with E-state index in [0.29, 0.717) is 11.4 Å². The first kappa shape index (κ1) is 14.3. The number of halogens is 1. The summed E-state index contributed by atoms with van der Waals surface area (Å²) < 4.78 is 23.0. The standard InChI is InChI=1S/C13H16ClNO3S/c1-10-9-19(17,18)7-6-15(10)13(16)12-4-2-11(8-14)3-5-12/h2-5,10H,6-9H2,1H3. The largest absolute Gasteiger partial charge is 0.334 e. The third-order valence-corrected chi connectivity index (χ3v) is 5.39. The van der Waals surface area contributed by atoms with Gasteiger partial charge in [-0.3, -0.25) is 4.79 Å². The smallest absolute Gasteiger partial charge is 0.254 e. The Kier molecular flexibility index (Phi) is 4.16. The van der Waals surface area contributed by atoms with E-state index in [1.54, 1.807) is 24.0 Å². The first-order valence-electron chi connectivity index (χ1n) is 6.09. The Morgan fingerprint density at radius 2 is 2.00 bits per heavy atom. The van der Waals surface area contributed by atoms with E-state index in [-0.39, 0.29) is 30.0 Å². The first-order chi connectivity index (χ1) is 8.93.